The quantitative estimate of drug-likeness (QED) is 0.320. The summed E-state index contributed by atoms with van der Waals surface area (Å²) in [7, 11) is 0. The van der Waals surface area contributed by atoms with Crippen molar-refractivity contribution in [3.05, 3.63) is 34.9 Å². The number of rotatable bonds is 10. The van der Waals surface area contributed by atoms with Crippen LogP contribution < -0.4 is 21.3 Å². The Hall–Kier alpha value is -3.14. The molecule has 168 valence electrons. The maximum atomic E-state index is 12.9. The number of carbonyl (C=O) groups is 5. The molecule has 1 saturated heterocycles. The van der Waals surface area contributed by atoms with Gasteiger partial charge in [-0.2, -0.15) is 0 Å². The van der Waals surface area contributed by atoms with Crippen LogP contribution in [0.1, 0.15) is 25.3 Å². The number of hydrogen-bond donors (Lipinski definition) is 5. The molecule has 4 amide bonds. The molecule has 5 N–H and O–H groups in total. The maximum Gasteiger partial charge on any atom is 0.405 e. The number of Topliss-reactive ketones (excluding diaryl/α,β-unsaturated/α-hetero) is 1. The maximum absolute atomic E-state index is 12.9. The predicted octanol–water partition coefficient (Wildman–Crippen LogP) is 0.235. The highest BCUT2D eigenvalue weighted by Gasteiger charge is 2.35. The minimum Gasteiger partial charge on any atom is -0.465 e. The van der Waals surface area contributed by atoms with E-state index < -0.39 is 41.7 Å². The normalized spacial score (nSPS) is 17.2. The van der Waals surface area contributed by atoms with Gasteiger partial charge in [-0.15, -0.1) is 0 Å². The zero-order chi connectivity index (χ0) is 23.0. The first kappa shape index (κ1) is 24.1. The second-order valence-corrected chi connectivity index (χ2v) is 7.57. The molecule has 1 aromatic carbocycles. The minimum absolute atomic E-state index is 0.00127. The Balaban J connectivity index is 2.18. The van der Waals surface area contributed by atoms with Gasteiger partial charge in [-0.05, 0) is 37.5 Å². The van der Waals surface area contributed by atoms with Crippen molar-refractivity contribution >= 4 is 41.2 Å². The van der Waals surface area contributed by atoms with Gasteiger partial charge in [-0.25, -0.2) is 4.79 Å². The fraction of sp³-hybridized carbons (Fsp3) is 0.450. The second kappa shape index (κ2) is 11.3. The lowest BCUT2D eigenvalue weighted by atomic mass is 9.94. The molecule has 0 aliphatic carbocycles. The summed E-state index contributed by atoms with van der Waals surface area (Å²) in [6, 6.07) is 4.01. The van der Waals surface area contributed by atoms with E-state index in [4.69, 9.17) is 16.7 Å². The molecular weight excluding hydrogens is 428 g/mol. The minimum atomic E-state index is -1.42. The third-order valence-electron chi connectivity index (χ3n) is 4.84. The third kappa shape index (κ3) is 7.25. The molecule has 1 aliphatic rings. The summed E-state index contributed by atoms with van der Waals surface area (Å²) in [6.45, 7) is 2.30. The van der Waals surface area contributed by atoms with Crippen LogP contribution in [0.5, 0.6) is 0 Å². The van der Waals surface area contributed by atoms with Gasteiger partial charge in [0.1, 0.15) is 6.04 Å². The monoisotopic (exact) mass is 452 g/mol. The lowest BCUT2D eigenvalue weighted by Gasteiger charge is -2.23. The number of benzene rings is 1. The SMILES string of the molecule is CCNC(=O)C(=O)[C@H](C[C@@H]1CCNC1=O)NC(=O)[C@H](Cc1ccc(Cl)cc1)NC(=O)O. The first-order valence-electron chi connectivity index (χ1n) is 9.85. The lowest BCUT2D eigenvalue weighted by Crippen LogP contribution is -2.55. The van der Waals surface area contributed by atoms with Crippen LogP contribution >= 0.6 is 11.6 Å². The van der Waals surface area contributed by atoms with Crippen molar-refractivity contribution in [2.45, 2.75) is 38.3 Å². The molecule has 0 bridgehead atoms. The first-order chi connectivity index (χ1) is 14.7. The standard InChI is InChI=1S/C20H25ClN4O6/c1-2-22-19(29)16(26)14(10-12-7-8-23-17(12)27)24-18(28)15(25-20(30)31)9-11-3-5-13(21)6-4-11/h3-6,12,14-15,25H,2,7-10H2,1H3,(H,22,29)(H,23,27)(H,24,28)(H,30,31)/t12-,14-,15-/m0/s1. The van der Waals surface area contributed by atoms with E-state index in [0.29, 0.717) is 23.6 Å². The van der Waals surface area contributed by atoms with E-state index in [-0.39, 0.29) is 25.3 Å². The van der Waals surface area contributed by atoms with E-state index >= 15 is 0 Å². The van der Waals surface area contributed by atoms with Crippen LogP contribution in [0, 0.1) is 5.92 Å². The number of carboxylic acid groups (broad SMARTS) is 1. The van der Waals surface area contributed by atoms with Crippen LogP contribution in [0.3, 0.4) is 0 Å². The van der Waals surface area contributed by atoms with Crippen molar-refractivity contribution in [1.82, 2.24) is 21.3 Å². The summed E-state index contributed by atoms with van der Waals surface area (Å²) in [6.07, 6.45) is -1.01. The number of halogens is 1. The van der Waals surface area contributed by atoms with Gasteiger partial charge in [0.15, 0.2) is 0 Å². The summed E-state index contributed by atoms with van der Waals surface area (Å²) in [5.41, 5.74) is 0.639. The van der Waals surface area contributed by atoms with Gasteiger partial charge in [0, 0.05) is 30.5 Å². The molecule has 0 spiro atoms. The smallest absolute Gasteiger partial charge is 0.405 e. The molecule has 11 heteroatoms. The third-order valence-corrected chi connectivity index (χ3v) is 5.10. The Morgan fingerprint density at radius 3 is 2.39 bits per heavy atom. The number of carbonyl (C=O) groups excluding carboxylic acids is 4. The number of ketones is 1. The molecule has 31 heavy (non-hydrogen) atoms. The molecule has 0 unspecified atom stereocenters. The number of hydrogen-bond acceptors (Lipinski definition) is 5. The summed E-state index contributed by atoms with van der Waals surface area (Å²) >= 11 is 5.85. The van der Waals surface area contributed by atoms with Crippen LogP contribution in [0.4, 0.5) is 4.79 Å². The van der Waals surface area contributed by atoms with Gasteiger partial charge in [0.05, 0.1) is 6.04 Å². The highest BCUT2D eigenvalue weighted by Crippen LogP contribution is 2.17. The summed E-state index contributed by atoms with van der Waals surface area (Å²) < 4.78 is 0. The zero-order valence-electron chi connectivity index (χ0n) is 16.9. The molecule has 3 atom stereocenters. The Kier molecular flexibility index (Phi) is 8.80. The molecule has 2 rings (SSSR count). The van der Waals surface area contributed by atoms with E-state index in [1.165, 1.54) is 0 Å². The molecule has 0 aromatic heterocycles. The fourth-order valence-electron chi connectivity index (χ4n) is 3.28. The number of likely N-dealkylation sites (N-methyl/N-ethyl adjacent to an activating group) is 1. The highest BCUT2D eigenvalue weighted by atomic mass is 35.5. The van der Waals surface area contributed by atoms with Crippen LogP contribution in [-0.2, 0) is 25.6 Å². The van der Waals surface area contributed by atoms with Crippen molar-refractivity contribution in [3.8, 4) is 0 Å². The van der Waals surface area contributed by atoms with Crippen LogP contribution in [-0.4, -0.2) is 59.9 Å². The first-order valence-corrected chi connectivity index (χ1v) is 10.2. The summed E-state index contributed by atoms with van der Waals surface area (Å²) in [4.78, 5) is 60.6. The Bertz CT molecular complexity index is 845. The number of nitrogens with one attached hydrogen (secondary N) is 4. The van der Waals surface area contributed by atoms with Gasteiger partial charge >= 0.3 is 6.09 Å². The van der Waals surface area contributed by atoms with E-state index in [2.05, 4.69) is 21.3 Å². The van der Waals surface area contributed by atoms with Gasteiger partial charge in [-0.1, -0.05) is 23.7 Å². The molecule has 1 heterocycles. The largest absolute Gasteiger partial charge is 0.465 e. The van der Waals surface area contributed by atoms with Gasteiger partial charge in [-0.3, -0.25) is 19.2 Å². The average molecular weight is 453 g/mol. The Morgan fingerprint density at radius 2 is 1.84 bits per heavy atom. The molecule has 0 radical (unpaired) electrons. The number of amides is 4. The summed E-state index contributed by atoms with van der Waals surface area (Å²) in [5, 5.41) is 19.2. The highest BCUT2D eigenvalue weighted by molar-refractivity contribution is 6.38. The van der Waals surface area contributed by atoms with Crippen LogP contribution in [0.25, 0.3) is 0 Å². The molecule has 0 saturated carbocycles. The lowest BCUT2D eigenvalue weighted by molar-refractivity contribution is -0.140. The van der Waals surface area contributed by atoms with E-state index in [1.807, 2.05) is 0 Å². The van der Waals surface area contributed by atoms with Gasteiger partial charge in [0.25, 0.3) is 5.91 Å². The van der Waals surface area contributed by atoms with E-state index in [9.17, 15) is 24.0 Å². The van der Waals surface area contributed by atoms with Crippen LogP contribution in [0.15, 0.2) is 24.3 Å². The molecule has 1 aromatic rings. The summed E-state index contributed by atoms with van der Waals surface area (Å²) in [5.74, 6) is -3.35. The van der Waals surface area contributed by atoms with Crippen molar-refractivity contribution in [1.29, 1.82) is 0 Å². The van der Waals surface area contributed by atoms with Gasteiger partial charge < -0.3 is 26.4 Å². The van der Waals surface area contributed by atoms with Crippen molar-refractivity contribution in [2.24, 2.45) is 5.92 Å². The molecule has 1 aliphatic heterocycles. The Labute approximate surface area is 184 Å². The van der Waals surface area contributed by atoms with Crippen molar-refractivity contribution in [3.63, 3.8) is 0 Å². The van der Waals surface area contributed by atoms with Gasteiger partial charge in [0.2, 0.25) is 17.6 Å². The fourth-order valence-corrected chi connectivity index (χ4v) is 3.40. The predicted molar refractivity (Wildman–Crippen MR) is 111 cm³/mol. The Morgan fingerprint density at radius 1 is 1.16 bits per heavy atom. The molecular formula is C20H25ClN4O6. The average Bonchev–Trinajstić information content (AvgIpc) is 3.12. The van der Waals surface area contributed by atoms with E-state index in [1.54, 1.807) is 31.2 Å². The van der Waals surface area contributed by atoms with Crippen LogP contribution in [0.2, 0.25) is 5.02 Å². The molecule has 10 nitrogen and oxygen atoms in total. The second-order valence-electron chi connectivity index (χ2n) is 7.13. The van der Waals surface area contributed by atoms with E-state index in [0.717, 1.165) is 0 Å². The zero-order valence-corrected chi connectivity index (χ0v) is 17.7. The topological polar surface area (TPSA) is 154 Å². The molecule has 1 fully saturated rings. The van der Waals surface area contributed by atoms with Crippen molar-refractivity contribution < 1.29 is 29.1 Å². The van der Waals surface area contributed by atoms with Crippen molar-refractivity contribution in [2.75, 3.05) is 13.1 Å².